The van der Waals surface area contributed by atoms with Crippen molar-refractivity contribution in [2.24, 2.45) is 5.92 Å². The number of amides is 1. The maximum absolute atomic E-state index is 12.4. The van der Waals surface area contributed by atoms with Gasteiger partial charge in [0.25, 0.3) is 5.91 Å². The second kappa shape index (κ2) is 6.13. The van der Waals surface area contributed by atoms with E-state index in [2.05, 4.69) is 19.0 Å². The van der Waals surface area contributed by atoms with Crippen LogP contribution in [-0.4, -0.2) is 49.4 Å². The Balaban J connectivity index is 1.98. The van der Waals surface area contributed by atoms with Gasteiger partial charge < -0.3 is 21.3 Å². The van der Waals surface area contributed by atoms with Crippen molar-refractivity contribution >= 4 is 17.3 Å². The number of hydrogen-bond donors (Lipinski definition) is 2. The number of hydrogen-bond acceptors (Lipinski definition) is 4. The predicted octanol–water partition coefficient (Wildman–Crippen LogP) is 1.26. The molecule has 1 aliphatic rings. The van der Waals surface area contributed by atoms with Gasteiger partial charge in [-0.1, -0.05) is 0 Å². The first kappa shape index (κ1) is 14.7. The van der Waals surface area contributed by atoms with E-state index in [0.717, 1.165) is 32.5 Å². The minimum absolute atomic E-state index is 0.0345. The Hall–Kier alpha value is -1.75. The van der Waals surface area contributed by atoms with Crippen molar-refractivity contribution in [1.29, 1.82) is 0 Å². The third kappa shape index (κ3) is 3.63. The van der Waals surface area contributed by atoms with Crippen LogP contribution < -0.4 is 11.5 Å². The fraction of sp³-hybridized carbons (Fsp3) is 0.533. The van der Waals surface area contributed by atoms with Crippen LogP contribution in [-0.2, 0) is 0 Å². The first-order valence-electron chi connectivity index (χ1n) is 7.05. The van der Waals surface area contributed by atoms with Crippen molar-refractivity contribution in [3.63, 3.8) is 0 Å². The lowest BCUT2D eigenvalue weighted by Gasteiger charge is -2.33. The molecule has 1 saturated heterocycles. The van der Waals surface area contributed by atoms with Gasteiger partial charge in [-0.3, -0.25) is 4.79 Å². The highest BCUT2D eigenvalue weighted by Gasteiger charge is 2.24. The molecule has 1 aromatic carbocycles. The summed E-state index contributed by atoms with van der Waals surface area (Å²) < 4.78 is 0. The molecule has 0 aromatic heterocycles. The van der Waals surface area contributed by atoms with Gasteiger partial charge in [-0.25, -0.2) is 0 Å². The Morgan fingerprint density at radius 1 is 1.20 bits per heavy atom. The van der Waals surface area contributed by atoms with Gasteiger partial charge in [0.1, 0.15) is 0 Å². The molecule has 0 spiro atoms. The van der Waals surface area contributed by atoms with E-state index >= 15 is 0 Å². The Morgan fingerprint density at radius 2 is 1.75 bits per heavy atom. The highest BCUT2D eigenvalue weighted by Crippen LogP contribution is 2.21. The van der Waals surface area contributed by atoms with Gasteiger partial charge in [0, 0.05) is 36.6 Å². The molecule has 1 heterocycles. The predicted molar refractivity (Wildman–Crippen MR) is 82.4 cm³/mol. The normalized spacial score (nSPS) is 16.6. The van der Waals surface area contributed by atoms with Crippen molar-refractivity contribution in [3.8, 4) is 0 Å². The van der Waals surface area contributed by atoms with Gasteiger partial charge in [-0.2, -0.15) is 0 Å². The van der Waals surface area contributed by atoms with E-state index in [9.17, 15) is 4.79 Å². The van der Waals surface area contributed by atoms with E-state index in [0.29, 0.717) is 22.9 Å². The maximum atomic E-state index is 12.4. The van der Waals surface area contributed by atoms with Crippen molar-refractivity contribution in [2.75, 3.05) is 45.2 Å². The van der Waals surface area contributed by atoms with E-state index in [-0.39, 0.29) is 5.91 Å². The Labute approximate surface area is 120 Å². The maximum Gasteiger partial charge on any atom is 0.254 e. The minimum Gasteiger partial charge on any atom is -0.399 e. The molecule has 0 radical (unpaired) electrons. The number of benzene rings is 1. The van der Waals surface area contributed by atoms with Crippen molar-refractivity contribution in [2.45, 2.75) is 12.8 Å². The number of nitrogens with zero attached hydrogens (tertiary/aromatic N) is 2. The van der Waals surface area contributed by atoms with Crippen LogP contribution in [0.4, 0.5) is 11.4 Å². The molecule has 1 aromatic rings. The molecule has 0 unspecified atom stereocenters. The van der Waals surface area contributed by atoms with E-state index in [1.54, 1.807) is 18.2 Å². The summed E-state index contributed by atoms with van der Waals surface area (Å²) in [5.74, 6) is 0.715. The SMILES string of the molecule is CN(C)CC1CCN(C(=O)c2cc(N)cc(N)c2)CC1. The van der Waals surface area contributed by atoms with Gasteiger partial charge in [0.05, 0.1) is 0 Å². The lowest BCUT2D eigenvalue weighted by Crippen LogP contribution is -2.40. The third-order valence-electron chi connectivity index (χ3n) is 3.75. The van der Waals surface area contributed by atoms with Crippen molar-refractivity contribution < 1.29 is 4.79 Å². The number of piperidine rings is 1. The molecule has 1 aliphatic heterocycles. The number of rotatable bonds is 3. The summed E-state index contributed by atoms with van der Waals surface area (Å²) in [6.07, 6.45) is 2.11. The Bertz CT molecular complexity index is 459. The van der Waals surface area contributed by atoms with Crippen molar-refractivity contribution in [1.82, 2.24) is 9.80 Å². The zero-order chi connectivity index (χ0) is 14.7. The molecule has 20 heavy (non-hydrogen) atoms. The molecule has 0 saturated carbocycles. The average Bonchev–Trinajstić information content (AvgIpc) is 2.37. The monoisotopic (exact) mass is 276 g/mol. The fourth-order valence-electron chi connectivity index (χ4n) is 2.82. The number of nitrogens with two attached hydrogens (primary N) is 2. The fourth-order valence-corrected chi connectivity index (χ4v) is 2.82. The lowest BCUT2D eigenvalue weighted by atomic mass is 9.96. The Kier molecular flexibility index (Phi) is 4.49. The zero-order valence-corrected chi connectivity index (χ0v) is 12.3. The first-order valence-corrected chi connectivity index (χ1v) is 7.05. The molecule has 5 nitrogen and oxygen atoms in total. The summed E-state index contributed by atoms with van der Waals surface area (Å²) in [5, 5.41) is 0. The number of carbonyl (C=O) groups is 1. The molecule has 5 heteroatoms. The topological polar surface area (TPSA) is 75.6 Å². The van der Waals surface area contributed by atoms with E-state index in [1.807, 2.05) is 4.90 Å². The molecule has 4 N–H and O–H groups in total. The first-order chi connectivity index (χ1) is 9.45. The number of nitrogen functional groups attached to an aromatic ring is 2. The van der Waals surface area contributed by atoms with Crippen LogP contribution in [0.2, 0.25) is 0 Å². The average molecular weight is 276 g/mol. The van der Waals surface area contributed by atoms with E-state index in [1.165, 1.54) is 0 Å². The van der Waals surface area contributed by atoms with Gasteiger partial charge in [-0.15, -0.1) is 0 Å². The number of anilines is 2. The molecule has 2 rings (SSSR count). The van der Waals surface area contributed by atoms with Gasteiger partial charge in [0.15, 0.2) is 0 Å². The molecule has 1 amide bonds. The smallest absolute Gasteiger partial charge is 0.254 e. The van der Waals surface area contributed by atoms with Crippen LogP contribution >= 0.6 is 0 Å². The molecule has 0 atom stereocenters. The molecule has 110 valence electrons. The summed E-state index contributed by atoms with van der Waals surface area (Å²) in [5.41, 5.74) is 13.2. The van der Waals surface area contributed by atoms with Crippen LogP contribution in [0.1, 0.15) is 23.2 Å². The minimum atomic E-state index is 0.0345. The summed E-state index contributed by atoms with van der Waals surface area (Å²) in [4.78, 5) is 16.5. The van der Waals surface area contributed by atoms with E-state index in [4.69, 9.17) is 11.5 Å². The quantitative estimate of drug-likeness (QED) is 0.815. The Morgan fingerprint density at radius 3 is 2.25 bits per heavy atom. The number of likely N-dealkylation sites (tertiary alicyclic amines) is 1. The molecule has 0 bridgehead atoms. The van der Waals surface area contributed by atoms with Crippen LogP contribution in [0.5, 0.6) is 0 Å². The van der Waals surface area contributed by atoms with Crippen LogP contribution in [0, 0.1) is 5.92 Å². The van der Waals surface area contributed by atoms with Crippen molar-refractivity contribution in [3.05, 3.63) is 23.8 Å². The second-order valence-corrected chi connectivity index (χ2v) is 5.89. The van der Waals surface area contributed by atoms with E-state index < -0.39 is 0 Å². The summed E-state index contributed by atoms with van der Waals surface area (Å²) >= 11 is 0. The molecule has 0 aliphatic carbocycles. The summed E-state index contributed by atoms with van der Waals surface area (Å²) in [6.45, 7) is 2.71. The largest absolute Gasteiger partial charge is 0.399 e. The lowest BCUT2D eigenvalue weighted by molar-refractivity contribution is 0.0678. The van der Waals surface area contributed by atoms with Crippen LogP contribution in [0.15, 0.2) is 18.2 Å². The standard InChI is InChI=1S/C15H24N4O/c1-18(2)10-11-3-5-19(6-4-11)15(20)12-7-13(16)9-14(17)8-12/h7-9,11H,3-6,10,16-17H2,1-2H3. The van der Waals surface area contributed by atoms with Crippen LogP contribution in [0.25, 0.3) is 0 Å². The highest BCUT2D eigenvalue weighted by atomic mass is 16.2. The summed E-state index contributed by atoms with van der Waals surface area (Å²) in [7, 11) is 4.18. The molecule has 1 fully saturated rings. The highest BCUT2D eigenvalue weighted by molar-refractivity contribution is 5.96. The second-order valence-electron chi connectivity index (χ2n) is 5.89. The van der Waals surface area contributed by atoms with Gasteiger partial charge >= 0.3 is 0 Å². The third-order valence-corrected chi connectivity index (χ3v) is 3.75. The zero-order valence-electron chi connectivity index (χ0n) is 12.3. The number of carbonyl (C=O) groups excluding carboxylic acids is 1. The van der Waals surface area contributed by atoms with Gasteiger partial charge in [-0.05, 0) is 51.1 Å². The molecular formula is C15H24N4O. The molecular weight excluding hydrogens is 252 g/mol. The van der Waals surface area contributed by atoms with Gasteiger partial charge in [0.2, 0.25) is 0 Å². The van der Waals surface area contributed by atoms with Crippen LogP contribution in [0.3, 0.4) is 0 Å². The summed E-state index contributed by atoms with van der Waals surface area (Å²) in [6, 6.07) is 5.06.